The van der Waals surface area contributed by atoms with E-state index in [4.69, 9.17) is 0 Å². The molecule has 6 aromatic rings. The molecule has 0 fully saturated rings. The molecule has 0 saturated carbocycles. The third-order valence-corrected chi connectivity index (χ3v) is 9.18. The monoisotopic (exact) mass is 900 g/mol. The minimum Gasteiger partial charge on any atom is -1.00 e. The Morgan fingerprint density at radius 1 is 0.510 bits per heavy atom. The van der Waals surface area contributed by atoms with Crippen LogP contribution < -0.4 is 24.8 Å². The fraction of sp³-hybridized carbons (Fsp3) is 0.362. The van der Waals surface area contributed by atoms with Gasteiger partial charge in [0.25, 0.3) is 0 Å². The van der Waals surface area contributed by atoms with Crippen LogP contribution in [0.1, 0.15) is 95.7 Å². The number of fused-ring (bicyclic) bond motifs is 2. The molecule has 0 heterocycles. The largest absolute Gasteiger partial charge is 1.00 e. The first kappa shape index (κ1) is 44.9. The van der Waals surface area contributed by atoms with Crippen molar-refractivity contribution in [3.05, 3.63) is 130 Å². The molecule has 51 heavy (non-hydrogen) atoms. The summed E-state index contributed by atoms with van der Waals surface area (Å²) >= 11 is 1.45. The predicted molar refractivity (Wildman–Crippen MR) is 218 cm³/mol. The molecule has 0 nitrogen and oxygen atoms in total. The summed E-state index contributed by atoms with van der Waals surface area (Å²) in [7, 11) is 0. The Labute approximate surface area is 337 Å². The van der Waals surface area contributed by atoms with E-state index in [0.717, 1.165) is 0 Å². The predicted octanol–water partition coefficient (Wildman–Crippen LogP) is 8.06. The Kier molecular flexibility index (Phi) is 15.6. The van der Waals surface area contributed by atoms with Crippen LogP contribution in [0.5, 0.6) is 0 Å². The molecule has 0 spiro atoms. The van der Waals surface area contributed by atoms with Gasteiger partial charge in [-0.15, -0.1) is 68.6 Å². The summed E-state index contributed by atoms with van der Waals surface area (Å²) in [5, 5.41) is 5.45. The molecular formula is C47H58Cl2HfSi-2. The van der Waals surface area contributed by atoms with E-state index in [2.05, 4.69) is 193 Å². The maximum atomic E-state index is 2.39. The Morgan fingerprint density at radius 3 is 1.49 bits per heavy atom. The molecule has 6 rings (SSSR count). The van der Waals surface area contributed by atoms with E-state index in [0.29, 0.717) is 0 Å². The zero-order chi connectivity index (χ0) is 36.5. The molecule has 270 valence electrons. The van der Waals surface area contributed by atoms with Crippen molar-refractivity contribution in [3.63, 3.8) is 0 Å². The third kappa shape index (κ3) is 11.6. The fourth-order valence-corrected chi connectivity index (χ4v) is 6.28. The maximum Gasteiger partial charge on any atom is -0.0132 e. The quantitative estimate of drug-likeness (QED) is 0.122. The van der Waals surface area contributed by atoms with E-state index in [9.17, 15) is 0 Å². The summed E-state index contributed by atoms with van der Waals surface area (Å²) < 4.78 is 0. The average Bonchev–Trinajstić information content (AvgIpc) is 3.58. The van der Waals surface area contributed by atoms with Crippen LogP contribution in [-0.4, -0.2) is 5.49 Å². The van der Waals surface area contributed by atoms with Gasteiger partial charge in [0.1, 0.15) is 0 Å². The van der Waals surface area contributed by atoms with Crippen molar-refractivity contribution < 1.29 is 47.8 Å². The van der Waals surface area contributed by atoms with Crippen LogP contribution in [0.25, 0.3) is 43.8 Å². The van der Waals surface area contributed by atoms with Gasteiger partial charge in [0, 0.05) is 0 Å². The van der Waals surface area contributed by atoms with Crippen LogP contribution >= 0.6 is 0 Å². The molecule has 4 heteroatoms. The van der Waals surface area contributed by atoms with Crippen molar-refractivity contribution in [2.75, 3.05) is 0 Å². The van der Waals surface area contributed by atoms with Gasteiger partial charge in [0.15, 0.2) is 0 Å². The van der Waals surface area contributed by atoms with Crippen LogP contribution in [0.2, 0.25) is 13.1 Å². The summed E-state index contributed by atoms with van der Waals surface area (Å²) in [6.07, 6.45) is 0. The molecule has 6 aromatic carbocycles. The van der Waals surface area contributed by atoms with E-state index >= 15 is 0 Å². The van der Waals surface area contributed by atoms with Crippen molar-refractivity contribution in [1.29, 1.82) is 0 Å². The summed E-state index contributed by atoms with van der Waals surface area (Å²) in [5.74, 6) is 0. The van der Waals surface area contributed by atoms with E-state index < -0.39 is 0 Å². The summed E-state index contributed by atoms with van der Waals surface area (Å²) in [6, 6.07) is 36.5. The topological polar surface area (TPSA) is 0 Å². The second-order valence-electron chi connectivity index (χ2n) is 17.3. The van der Waals surface area contributed by atoms with E-state index in [-0.39, 0.29) is 46.6 Å². The Hall–Kier alpha value is -2.23. The zero-order valence-electron chi connectivity index (χ0n) is 33.5. The molecule has 0 radical (unpaired) electrons. The molecule has 0 atom stereocenters. The van der Waals surface area contributed by atoms with Gasteiger partial charge in [-0.25, -0.2) is 0 Å². The first-order chi connectivity index (χ1) is 22.6. The van der Waals surface area contributed by atoms with Gasteiger partial charge in [-0.05, 0) is 44.1 Å². The van der Waals surface area contributed by atoms with Gasteiger partial charge >= 0.3 is 41.6 Å². The number of aryl methyl sites for hydroxylation is 3. The van der Waals surface area contributed by atoms with Crippen LogP contribution in [0, 0.1) is 20.8 Å². The van der Waals surface area contributed by atoms with Crippen molar-refractivity contribution in [1.82, 2.24) is 0 Å². The molecule has 0 aromatic heterocycles. The summed E-state index contributed by atoms with van der Waals surface area (Å²) in [5.41, 5.74) is 14.3. The second kappa shape index (κ2) is 17.7. The smallest absolute Gasteiger partial charge is 0.0132 e. The Bertz CT molecular complexity index is 2030. The number of hydrogen-bond donors (Lipinski definition) is 0. The average molecular weight is 900 g/mol. The normalized spacial score (nSPS) is 11.5. The standard InChI is InChI=1S/C25H31.C20H21.C2H6Si.2ClH.Hf/c1-16-11-22-17(2)9-10-21(23(22)12-16)18-13-19(24(3,4)5)15-20(14-18)25(6,7)8;1-14-12-16-6-5-7-18(19(16)13-14)15-8-10-17(11-9-15)20(2,3)4;1-3-2;;;/h9-15H,1-8H3;5-13H,1-4H3;1-2H3;2*1H;/q2*-1;;;;+2/p-2. The first-order valence-electron chi connectivity index (χ1n) is 17.8. The van der Waals surface area contributed by atoms with Crippen LogP contribution in [-0.2, 0) is 39.2 Å². The van der Waals surface area contributed by atoms with Crippen molar-refractivity contribution >= 4 is 27.0 Å². The van der Waals surface area contributed by atoms with Crippen LogP contribution in [0.4, 0.5) is 0 Å². The SMILES string of the molecule is C[Si](C)=[Hf+2].Cc1cc2c(-c3cc(C(C)(C)C)cc(C(C)(C)C)c3)ccc(C)c2[cH-]1.Cc1cc2c(-c3ccc(C(C)(C)C)cc3)cccc2[cH-]1.[Cl-].[Cl-]. The van der Waals surface area contributed by atoms with E-state index in [1.165, 1.54) is 100 Å². The second-order valence-corrected chi connectivity index (χ2v) is 30.0. The van der Waals surface area contributed by atoms with Gasteiger partial charge < -0.3 is 24.8 Å². The summed E-state index contributed by atoms with van der Waals surface area (Å²) in [6.45, 7) is 31.8. The molecule has 0 amide bonds. The van der Waals surface area contributed by atoms with Gasteiger partial charge in [-0.1, -0.05) is 149 Å². The van der Waals surface area contributed by atoms with Crippen LogP contribution in [0.3, 0.4) is 0 Å². The Balaban J connectivity index is 0.000000314. The van der Waals surface area contributed by atoms with Crippen LogP contribution in [0.15, 0.2) is 97.1 Å². The molecule has 0 N–H and O–H groups in total. The molecule has 0 saturated heterocycles. The minimum absolute atomic E-state index is 0. The summed E-state index contributed by atoms with van der Waals surface area (Å²) in [4.78, 5) is 0. The number of hydrogen-bond acceptors (Lipinski definition) is 0. The zero-order valence-corrected chi connectivity index (χ0v) is 39.6. The minimum atomic E-state index is 0. The Morgan fingerprint density at radius 2 is 0.980 bits per heavy atom. The number of halogens is 2. The van der Waals surface area contributed by atoms with E-state index in [1.807, 2.05) is 0 Å². The third-order valence-electron chi connectivity index (χ3n) is 9.18. The van der Waals surface area contributed by atoms with Crippen molar-refractivity contribution in [2.24, 2.45) is 0 Å². The van der Waals surface area contributed by atoms with Crippen molar-refractivity contribution in [3.8, 4) is 22.3 Å². The molecule has 0 aliphatic carbocycles. The molecule has 0 aliphatic rings. The van der Waals surface area contributed by atoms with Crippen molar-refractivity contribution in [2.45, 2.75) is 112 Å². The molecule has 0 aliphatic heterocycles. The first-order valence-corrected chi connectivity index (χ1v) is 25.7. The number of benzene rings is 4. The fourth-order valence-electron chi connectivity index (χ4n) is 6.28. The molecule has 0 unspecified atom stereocenters. The molecule has 0 bridgehead atoms. The van der Waals surface area contributed by atoms with Gasteiger partial charge in [0.2, 0.25) is 0 Å². The number of rotatable bonds is 2. The maximum absolute atomic E-state index is 2.39. The van der Waals surface area contributed by atoms with Gasteiger partial charge in [-0.2, -0.15) is 12.1 Å². The molecular weight excluding hydrogens is 842 g/mol. The van der Waals surface area contributed by atoms with Gasteiger partial charge in [-0.3, -0.25) is 0 Å². The van der Waals surface area contributed by atoms with E-state index in [1.54, 1.807) is 0 Å². The van der Waals surface area contributed by atoms with Gasteiger partial charge in [0.05, 0.1) is 0 Å².